The van der Waals surface area contributed by atoms with Crippen LogP contribution in [0.3, 0.4) is 0 Å². The number of carbonyl (C=O) groups excluding carboxylic acids is 1. The van der Waals surface area contributed by atoms with Gasteiger partial charge in [-0.1, -0.05) is 0 Å². The van der Waals surface area contributed by atoms with Crippen LogP contribution in [0.4, 0.5) is 25.2 Å². The Hall–Kier alpha value is -3.63. The van der Waals surface area contributed by atoms with E-state index in [2.05, 4.69) is 9.97 Å². The number of cyclic esters (lactones) is 1. The summed E-state index contributed by atoms with van der Waals surface area (Å²) in [6.45, 7) is 2.30. The molecule has 0 spiro atoms. The molecule has 2 aliphatic rings. The normalized spacial score (nSPS) is 18.1. The van der Waals surface area contributed by atoms with Crippen LogP contribution < -0.4 is 15.4 Å². The fourth-order valence-electron chi connectivity index (χ4n) is 3.69. The van der Waals surface area contributed by atoms with E-state index in [0.29, 0.717) is 36.1 Å². The van der Waals surface area contributed by atoms with Gasteiger partial charge in [0.1, 0.15) is 43.0 Å². The van der Waals surface area contributed by atoms with Crippen molar-refractivity contribution in [3.8, 4) is 22.8 Å². The van der Waals surface area contributed by atoms with Gasteiger partial charge >= 0.3 is 6.09 Å². The number of amides is 1. The van der Waals surface area contributed by atoms with E-state index >= 15 is 0 Å². The number of imidazole rings is 2. The lowest BCUT2D eigenvalue weighted by atomic mass is 10.1. The van der Waals surface area contributed by atoms with E-state index in [1.54, 1.807) is 17.1 Å². The third kappa shape index (κ3) is 2.77. The number of anilines is 2. The smallest absolute Gasteiger partial charge is 0.416 e. The Labute approximate surface area is 169 Å². The summed E-state index contributed by atoms with van der Waals surface area (Å²) in [6.07, 6.45) is -0.355. The summed E-state index contributed by atoms with van der Waals surface area (Å²) < 4.78 is 41.0. The molecule has 1 fully saturated rings. The number of hydrogen-bond donors (Lipinski definition) is 1. The molecule has 0 aliphatic carbocycles. The summed E-state index contributed by atoms with van der Waals surface area (Å²) in [7, 11) is 0. The predicted molar refractivity (Wildman–Crippen MR) is 103 cm³/mol. The van der Waals surface area contributed by atoms with Gasteiger partial charge in [-0.3, -0.25) is 0 Å². The van der Waals surface area contributed by atoms with E-state index in [9.17, 15) is 13.6 Å². The molecule has 2 aromatic heterocycles. The second-order valence-corrected chi connectivity index (χ2v) is 7.08. The highest BCUT2D eigenvalue weighted by Gasteiger charge is 2.42. The molecular weight excluding hydrogens is 398 g/mol. The second-order valence-electron chi connectivity index (χ2n) is 7.08. The van der Waals surface area contributed by atoms with E-state index < -0.39 is 18.6 Å². The third-order valence-electron chi connectivity index (χ3n) is 5.33. The van der Waals surface area contributed by atoms with E-state index in [0.717, 1.165) is 16.3 Å². The van der Waals surface area contributed by atoms with Gasteiger partial charge in [-0.2, -0.15) is 0 Å². The van der Waals surface area contributed by atoms with E-state index in [1.165, 1.54) is 0 Å². The molecule has 30 heavy (non-hydrogen) atoms. The molecule has 0 unspecified atom stereocenters. The lowest BCUT2D eigenvalue weighted by Crippen LogP contribution is -2.38. The molecule has 1 aromatic carbocycles. The lowest BCUT2D eigenvalue weighted by molar-refractivity contribution is 0.104. The zero-order valence-corrected chi connectivity index (χ0v) is 16.0. The van der Waals surface area contributed by atoms with Crippen LogP contribution in [0.2, 0.25) is 0 Å². The molecule has 1 amide bonds. The van der Waals surface area contributed by atoms with Gasteiger partial charge in [0.15, 0.2) is 5.82 Å². The largest absolute Gasteiger partial charge is 0.491 e. The number of fused-ring (bicyclic) bond motifs is 3. The van der Waals surface area contributed by atoms with Crippen molar-refractivity contribution in [2.75, 3.05) is 23.8 Å². The molecule has 1 atom stereocenters. The third-order valence-corrected chi connectivity index (χ3v) is 5.33. The standard InChI is InChI=1S/C19H18F2N6O3/c1-10-17(22)23-9-26(10)11-2-3-12-14(6-11)29-5-4-25-7-15(24-18(12)25)27-13(16(20)21)8-30-19(27)28/h2-3,6-7,9,13,16H,4-5,8,22H2,1H3/t13-/m0/s1. The minimum absolute atomic E-state index is 0.132. The zero-order valence-electron chi connectivity index (χ0n) is 16.0. The number of alkyl halides is 2. The molecule has 9 nitrogen and oxygen atoms in total. The fraction of sp³-hybridized carbons (Fsp3) is 0.316. The molecule has 4 heterocycles. The van der Waals surface area contributed by atoms with Crippen molar-refractivity contribution < 1.29 is 23.0 Å². The van der Waals surface area contributed by atoms with Crippen molar-refractivity contribution in [3.05, 3.63) is 36.4 Å². The SMILES string of the molecule is Cc1c(N)ncn1-c1ccc2c(c1)OCCn1cc(N3C(=O)OC[C@H]3C(F)F)nc1-2. The molecule has 2 aliphatic heterocycles. The number of halogens is 2. The van der Waals surface area contributed by atoms with Crippen molar-refractivity contribution >= 4 is 17.7 Å². The highest BCUT2D eigenvalue weighted by molar-refractivity contribution is 5.89. The van der Waals surface area contributed by atoms with Gasteiger partial charge in [-0.25, -0.2) is 28.4 Å². The monoisotopic (exact) mass is 416 g/mol. The minimum atomic E-state index is -2.73. The average molecular weight is 416 g/mol. The number of benzene rings is 1. The van der Waals surface area contributed by atoms with Crippen LogP contribution in [0, 0.1) is 6.92 Å². The van der Waals surface area contributed by atoms with Gasteiger partial charge in [-0.15, -0.1) is 0 Å². The summed E-state index contributed by atoms with van der Waals surface area (Å²) in [5, 5.41) is 0. The Balaban J connectivity index is 1.56. The Morgan fingerprint density at radius 1 is 1.30 bits per heavy atom. The van der Waals surface area contributed by atoms with Crippen LogP contribution >= 0.6 is 0 Å². The fourth-order valence-corrected chi connectivity index (χ4v) is 3.69. The Morgan fingerprint density at radius 3 is 2.87 bits per heavy atom. The predicted octanol–water partition coefficient (Wildman–Crippen LogP) is 2.61. The highest BCUT2D eigenvalue weighted by atomic mass is 19.3. The van der Waals surface area contributed by atoms with E-state index in [4.69, 9.17) is 15.2 Å². The molecule has 3 aromatic rings. The van der Waals surface area contributed by atoms with Crippen molar-refractivity contribution in [1.29, 1.82) is 0 Å². The van der Waals surface area contributed by atoms with Crippen LogP contribution in [0.15, 0.2) is 30.7 Å². The minimum Gasteiger partial charge on any atom is -0.491 e. The van der Waals surface area contributed by atoms with E-state index in [1.807, 2.05) is 29.7 Å². The summed E-state index contributed by atoms with van der Waals surface area (Å²) in [5.74, 6) is 1.69. The number of carbonyl (C=O) groups is 1. The quantitative estimate of drug-likeness (QED) is 0.705. The maximum absolute atomic E-state index is 13.3. The summed E-state index contributed by atoms with van der Waals surface area (Å²) in [6, 6.07) is 4.19. The number of nitrogen functional groups attached to an aromatic ring is 1. The van der Waals surface area contributed by atoms with Gasteiger partial charge < -0.3 is 24.3 Å². The first kappa shape index (κ1) is 18.4. The average Bonchev–Trinajstić information content (AvgIpc) is 3.37. The molecule has 0 bridgehead atoms. The maximum atomic E-state index is 13.3. The summed E-state index contributed by atoms with van der Waals surface area (Å²) >= 11 is 0. The number of aromatic nitrogens is 4. The van der Waals surface area contributed by atoms with Crippen LogP contribution in [-0.2, 0) is 11.3 Å². The summed E-state index contributed by atoms with van der Waals surface area (Å²) in [5.41, 5.74) is 8.15. The van der Waals surface area contributed by atoms with Crippen LogP contribution in [0.1, 0.15) is 5.69 Å². The van der Waals surface area contributed by atoms with Crippen LogP contribution in [0.5, 0.6) is 5.75 Å². The molecule has 156 valence electrons. The van der Waals surface area contributed by atoms with Gasteiger partial charge in [0.05, 0.1) is 23.5 Å². The van der Waals surface area contributed by atoms with Crippen molar-refractivity contribution in [1.82, 2.24) is 19.1 Å². The van der Waals surface area contributed by atoms with Gasteiger partial charge in [0.25, 0.3) is 6.43 Å². The van der Waals surface area contributed by atoms with Crippen LogP contribution in [0.25, 0.3) is 17.1 Å². The molecule has 0 saturated carbocycles. The first-order chi connectivity index (χ1) is 14.4. The van der Waals surface area contributed by atoms with E-state index in [-0.39, 0.29) is 12.4 Å². The molecule has 2 N–H and O–H groups in total. The topological polar surface area (TPSA) is 100 Å². The number of nitrogens with two attached hydrogens (primary N) is 1. The highest BCUT2D eigenvalue weighted by Crippen LogP contribution is 2.36. The first-order valence-corrected chi connectivity index (χ1v) is 9.32. The number of rotatable bonds is 3. The zero-order chi connectivity index (χ0) is 21.0. The first-order valence-electron chi connectivity index (χ1n) is 9.32. The number of ether oxygens (including phenoxy) is 2. The molecular formula is C19H18F2N6O3. The van der Waals surface area contributed by atoms with Gasteiger partial charge in [0.2, 0.25) is 0 Å². The van der Waals surface area contributed by atoms with Gasteiger partial charge in [-0.05, 0) is 19.1 Å². The summed E-state index contributed by atoms with van der Waals surface area (Å²) in [4.78, 5) is 21.5. The molecule has 0 radical (unpaired) electrons. The van der Waals surface area contributed by atoms with Crippen LogP contribution in [-0.4, -0.2) is 50.9 Å². The van der Waals surface area contributed by atoms with Gasteiger partial charge in [0, 0.05) is 12.3 Å². The van der Waals surface area contributed by atoms with Crippen molar-refractivity contribution in [2.45, 2.75) is 25.9 Å². The Bertz CT molecular complexity index is 1140. The number of hydrogen-bond acceptors (Lipinski definition) is 6. The second kappa shape index (κ2) is 6.71. The molecule has 1 saturated heterocycles. The lowest BCUT2D eigenvalue weighted by Gasteiger charge is -2.17. The number of nitrogens with zero attached hydrogens (tertiary/aromatic N) is 5. The van der Waals surface area contributed by atoms with Crippen molar-refractivity contribution in [2.24, 2.45) is 0 Å². The Kier molecular flexibility index (Phi) is 4.12. The Morgan fingerprint density at radius 2 is 2.13 bits per heavy atom. The molecule has 5 rings (SSSR count). The van der Waals surface area contributed by atoms with Crippen molar-refractivity contribution in [3.63, 3.8) is 0 Å². The molecule has 11 heteroatoms. The maximum Gasteiger partial charge on any atom is 0.416 e.